The summed E-state index contributed by atoms with van der Waals surface area (Å²) in [6.45, 7) is -2.30. The average Bonchev–Trinajstić information content (AvgIpc) is 1.59. The fraction of sp³-hybridized carbons (Fsp3) is 0.500. The molecule has 0 fully saturated rings. The maximum absolute atomic E-state index is 10.1. The lowest BCUT2D eigenvalue weighted by molar-refractivity contribution is 0.249. The Morgan fingerprint density at radius 3 is 2.40 bits per heavy atom. The molecule has 10 heavy (non-hydrogen) atoms. The number of carbonyl (C=O) groups is 1. The first-order valence-corrected chi connectivity index (χ1v) is 5.31. The van der Waals surface area contributed by atoms with Crippen molar-refractivity contribution in [1.82, 2.24) is 10.4 Å². The molecule has 8 heteroatoms. The van der Waals surface area contributed by atoms with Crippen LogP contribution in [0.5, 0.6) is 0 Å². The summed E-state index contributed by atoms with van der Waals surface area (Å²) in [5.41, 5.74) is 15.2. The first-order chi connectivity index (χ1) is 4.42. The highest BCUT2D eigenvalue weighted by atomic mass is 32.4. The second-order valence-electron chi connectivity index (χ2n) is 1.59. The third kappa shape index (κ3) is 7.80. The van der Waals surface area contributed by atoms with Crippen LogP contribution in [0.3, 0.4) is 0 Å². The molecule has 60 valence electrons. The van der Waals surface area contributed by atoms with Crippen LogP contribution >= 0.6 is 6.49 Å². The summed E-state index contributed by atoms with van der Waals surface area (Å²) in [6.07, 6.45) is 0. The van der Waals surface area contributed by atoms with E-state index >= 15 is 0 Å². The number of nitrogens with two attached hydrogens (primary N) is 3. The summed E-state index contributed by atoms with van der Waals surface area (Å²) in [5.74, 6) is 0. The second-order valence-corrected chi connectivity index (χ2v) is 5.13. The molecule has 0 radical (unpaired) electrons. The lowest BCUT2D eigenvalue weighted by atomic mass is 11.0. The van der Waals surface area contributed by atoms with Gasteiger partial charge in [0.05, 0.1) is 6.67 Å². The van der Waals surface area contributed by atoms with E-state index in [0.717, 1.165) is 0 Å². The third-order valence-electron chi connectivity index (χ3n) is 0.589. The molecular formula is C2H10N5OPS. The molecule has 0 saturated carbocycles. The van der Waals surface area contributed by atoms with Crippen LogP contribution in [0.15, 0.2) is 0 Å². The van der Waals surface area contributed by atoms with Gasteiger partial charge in [-0.15, -0.1) is 0 Å². The van der Waals surface area contributed by atoms with Gasteiger partial charge in [0.2, 0.25) is 0 Å². The topological polar surface area (TPSA) is 119 Å². The number of urea groups is 1. The van der Waals surface area contributed by atoms with Crippen molar-refractivity contribution in [3.8, 4) is 0 Å². The predicted octanol–water partition coefficient (Wildman–Crippen LogP) is -1.66. The average molecular weight is 183 g/mol. The normalized spacial score (nSPS) is 11.0. The number of amides is 2. The van der Waals surface area contributed by atoms with Gasteiger partial charge in [0.25, 0.3) is 0 Å². The van der Waals surface area contributed by atoms with Crippen molar-refractivity contribution in [2.24, 2.45) is 16.7 Å². The zero-order chi connectivity index (χ0) is 8.20. The van der Waals surface area contributed by atoms with E-state index in [0.29, 0.717) is 0 Å². The SMILES string of the molecule is NC(=O)NCNP(N)(N)=S. The van der Waals surface area contributed by atoms with E-state index in [9.17, 15) is 4.79 Å². The van der Waals surface area contributed by atoms with Gasteiger partial charge in [0.15, 0.2) is 0 Å². The van der Waals surface area contributed by atoms with Crippen molar-refractivity contribution in [2.75, 3.05) is 6.67 Å². The van der Waals surface area contributed by atoms with Gasteiger partial charge >= 0.3 is 6.03 Å². The van der Waals surface area contributed by atoms with Crippen LogP contribution in [-0.2, 0) is 11.8 Å². The highest BCUT2D eigenvalue weighted by Crippen LogP contribution is 2.15. The van der Waals surface area contributed by atoms with Crippen molar-refractivity contribution in [3.05, 3.63) is 0 Å². The molecule has 0 unspecified atom stereocenters. The maximum atomic E-state index is 10.1. The molecule has 0 aromatic rings. The van der Waals surface area contributed by atoms with Gasteiger partial charge in [0, 0.05) is 0 Å². The van der Waals surface area contributed by atoms with E-state index in [4.69, 9.17) is 16.7 Å². The van der Waals surface area contributed by atoms with Crippen molar-refractivity contribution < 1.29 is 4.79 Å². The molecule has 6 nitrogen and oxygen atoms in total. The fourth-order valence-electron chi connectivity index (χ4n) is 0.250. The van der Waals surface area contributed by atoms with E-state index in [1.165, 1.54) is 0 Å². The third-order valence-corrected chi connectivity index (χ3v) is 1.63. The zero-order valence-corrected chi connectivity index (χ0v) is 6.91. The first kappa shape index (κ1) is 9.80. The highest BCUT2D eigenvalue weighted by Gasteiger charge is 1.99. The van der Waals surface area contributed by atoms with Crippen molar-refractivity contribution >= 4 is 24.3 Å². The summed E-state index contributed by atoms with van der Waals surface area (Å²) >= 11 is 4.60. The predicted molar refractivity (Wildman–Crippen MR) is 43.4 cm³/mol. The summed E-state index contributed by atoms with van der Waals surface area (Å²) in [5, 5.41) is 4.75. The Balaban J connectivity index is 3.39. The van der Waals surface area contributed by atoms with Gasteiger partial charge in [-0.05, 0) is 11.8 Å². The van der Waals surface area contributed by atoms with Gasteiger partial charge in [-0.2, -0.15) is 0 Å². The van der Waals surface area contributed by atoms with Gasteiger partial charge in [-0.3, -0.25) is 11.0 Å². The second kappa shape index (κ2) is 3.85. The van der Waals surface area contributed by atoms with Gasteiger partial charge in [-0.25, -0.2) is 9.88 Å². The maximum Gasteiger partial charge on any atom is 0.313 e. The van der Waals surface area contributed by atoms with Gasteiger partial charge in [-0.1, -0.05) is 0 Å². The van der Waals surface area contributed by atoms with Crippen molar-refractivity contribution in [3.63, 3.8) is 0 Å². The number of rotatable bonds is 3. The smallest absolute Gasteiger partial charge is 0.313 e. The van der Waals surface area contributed by atoms with E-state index in [-0.39, 0.29) is 6.67 Å². The number of hydrogen-bond donors (Lipinski definition) is 5. The van der Waals surface area contributed by atoms with Gasteiger partial charge < -0.3 is 11.1 Å². The van der Waals surface area contributed by atoms with Crippen LogP contribution in [0.4, 0.5) is 4.79 Å². The highest BCUT2D eigenvalue weighted by molar-refractivity contribution is 8.11. The molecule has 0 bridgehead atoms. The van der Waals surface area contributed by atoms with Gasteiger partial charge in [0.1, 0.15) is 6.49 Å². The minimum Gasteiger partial charge on any atom is -0.352 e. The minimum absolute atomic E-state index is 0.111. The summed E-state index contributed by atoms with van der Waals surface area (Å²) in [6, 6.07) is -0.643. The Kier molecular flexibility index (Phi) is 3.77. The molecule has 0 saturated heterocycles. The number of hydrogen-bond acceptors (Lipinski definition) is 2. The van der Waals surface area contributed by atoms with Crippen LogP contribution in [0, 0.1) is 0 Å². The van der Waals surface area contributed by atoms with Crippen LogP contribution in [0.1, 0.15) is 0 Å². The van der Waals surface area contributed by atoms with Crippen LogP contribution in [0.2, 0.25) is 0 Å². The molecule has 0 aromatic heterocycles. The molecule has 0 heterocycles. The lowest BCUT2D eigenvalue weighted by Crippen LogP contribution is -2.38. The Hall–Kier alpha value is -0.200. The summed E-state index contributed by atoms with van der Waals surface area (Å²) < 4.78 is 0. The van der Waals surface area contributed by atoms with E-state index in [1.54, 1.807) is 0 Å². The van der Waals surface area contributed by atoms with E-state index < -0.39 is 12.5 Å². The minimum atomic E-state index is -2.41. The van der Waals surface area contributed by atoms with Crippen LogP contribution in [-0.4, -0.2) is 12.7 Å². The number of nitrogens with one attached hydrogen (secondary N) is 2. The molecule has 2 amide bonds. The standard InChI is InChI=1S/C2H10N5OPS/c3-2(8)6-1-7-9(4,5)10/h1H2,(H3,3,6,8)(H5,4,5,7,10). The largest absolute Gasteiger partial charge is 0.352 e. The number of primary amides is 1. The van der Waals surface area contributed by atoms with E-state index in [1.807, 2.05) is 0 Å². The molecule has 0 aromatic carbocycles. The fourth-order valence-corrected chi connectivity index (χ4v) is 0.770. The van der Waals surface area contributed by atoms with Crippen molar-refractivity contribution in [1.29, 1.82) is 0 Å². The summed E-state index contributed by atoms with van der Waals surface area (Å²) in [7, 11) is 0. The molecule has 8 N–H and O–H groups in total. The Bertz CT molecular complexity index is 165. The Morgan fingerprint density at radius 2 is 2.10 bits per heavy atom. The number of carbonyl (C=O) groups excluding carboxylic acids is 1. The molecule has 0 aliphatic heterocycles. The van der Waals surface area contributed by atoms with Crippen LogP contribution in [0.25, 0.3) is 0 Å². The molecule has 0 aliphatic carbocycles. The molecular weight excluding hydrogens is 173 g/mol. The molecule has 0 rings (SSSR count). The lowest BCUT2D eigenvalue weighted by Gasteiger charge is -2.11. The molecule has 0 spiro atoms. The van der Waals surface area contributed by atoms with Crippen LogP contribution < -0.4 is 27.1 Å². The van der Waals surface area contributed by atoms with Crippen molar-refractivity contribution in [2.45, 2.75) is 0 Å². The molecule has 0 atom stereocenters. The zero-order valence-electron chi connectivity index (χ0n) is 5.20. The van der Waals surface area contributed by atoms with E-state index in [2.05, 4.69) is 22.2 Å². The Morgan fingerprint density at radius 1 is 1.60 bits per heavy atom. The summed E-state index contributed by atoms with van der Waals surface area (Å²) in [4.78, 5) is 10.1. The first-order valence-electron chi connectivity index (χ1n) is 2.37. The molecule has 0 aliphatic rings. The quantitative estimate of drug-likeness (QED) is 0.265. The monoisotopic (exact) mass is 183 g/mol. The Labute approximate surface area is 63.7 Å².